The molecule has 0 radical (unpaired) electrons. The Morgan fingerprint density at radius 3 is 2.50 bits per heavy atom. The van der Waals surface area contributed by atoms with Gasteiger partial charge in [-0.25, -0.2) is 0 Å². The lowest BCUT2D eigenvalue weighted by atomic mass is 9.84. The number of imide groups is 1. The van der Waals surface area contributed by atoms with Crippen LogP contribution in [0.2, 0.25) is 0 Å². The molecular formula is C24H39NO3. The molecule has 1 heterocycles. The molecule has 1 aliphatic heterocycles. The van der Waals surface area contributed by atoms with Gasteiger partial charge in [0.1, 0.15) is 0 Å². The van der Waals surface area contributed by atoms with Crippen LogP contribution in [0.15, 0.2) is 37.0 Å². The van der Waals surface area contributed by atoms with Crippen LogP contribution in [0.25, 0.3) is 0 Å². The van der Waals surface area contributed by atoms with E-state index in [4.69, 9.17) is 5.11 Å². The topological polar surface area (TPSA) is 57.6 Å². The Hall–Kier alpha value is -1.68. The minimum atomic E-state index is -0.216. The smallest absolute Gasteiger partial charge is 0.232 e. The van der Waals surface area contributed by atoms with Crippen molar-refractivity contribution in [2.24, 2.45) is 17.8 Å². The maximum atomic E-state index is 12.4. The van der Waals surface area contributed by atoms with Crippen LogP contribution in [0.1, 0.15) is 71.6 Å². The van der Waals surface area contributed by atoms with Crippen molar-refractivity contribution in [1.82, 2.24) is 4.90 Å². The molecule has 3 atom stereocenters. The fourth-order valence-electron chi connectivity index (χ4n) is 3.89. The Morgan fingerprint density at radius 2 is 1.86 bits per heavy atom. The SMILES string of the molecule is C=CC(CC/C=C/CC)CC(C/C=C\CC)CCC1CC(=O)N(CCO)C1=O. The number of carbonyl (C=O) groups is 2. The average Bonchev–Trinajstić information content (AvgIpc) is 2.96. The van der Waals surface area contributed by atoms with Crippen LogP contribution >= 0.6 is 0 Å². The quantitative estimate of drug-likeness (QED) is 0.315. The Bertz CT molecular complexity index is 538. The highest BCUT2D eigenvalue weighted by molar-refractivity contribution is 6.03. The first-order valence-corrected chi connectivity index (χ1v) is 10.9. The zero-order valence-corrected chi connectivity index (χ0v) is 17.8. The molecule has 0 bridgehead atoms. The lowest BCUT2D eigenvalue weighted by molar-refractivity contribution is -0.140. The first kappa shape index (κ1) is 24.4. The highest BCUT2D eigenvalue weighted by Gasteiger charge is 2.37. The summed E-state index contributed by atoms with van der Waals surface area (Å²) >= 11 is 0. The summed E-state index contributed by atoms with van der Waals surface area (Å²) in [6.45, 7) is 8.27. The lowest BCUT2D eigenvalue weighted by Crippen LogP contribution is -2.33. The van der Waals surface area contributed by atoms with Gasteiger partial charge in [-0.05, 0) is 63.2 Å². The number of carbonyl (C=O) groups excluding carboxylic acids is 2. The van der Waals surface area contributed by atoms with Crippen molar-refractivity contribution in [2.75, 3.05) is 13.2 Å². The Kier molecular flexibility index (Phi) is 12.5. The minimum Gasteiger partial charge on any atom is -0.395 e. The molecule has 1 rings (SSSR count). The molecule has 3 unspecified atom stereocenters. The summed E-state index contributed by atoms with van der Waals surface area (Å²) in [4.78, 5) is 25.6. The van der Waals surface area contributed by atoms with Crippen molar-refractivity contribution < 1.29 is 14.7 Å². The number of nitrogens with zero attached hydrogens (tertiary/aromatic N) is 1. The first-order valence-electron chi connectivity index (χ1n) is 10.9. The van der Waals surface area contributed by atoms with Crippen molar-refractivity contribution in [2.45, 2.75) is 71.6 Å². The van der Waals surface area contributed by atoms with Gasteiger partial charge >= 0.3 is 0 Å². The Morgan fingerprint density at radius 1 is 1.14 bits per heavy atom. The van der Waals surface area contributed by atoms with E-state index >= 15 is 0 Å². The van der Waals surface area contributed by atoms with Crippen molar-refractivity contribution in [3.63, 3.8) is 0 Å². The van der Waals surface area contributed by atoms with E-state index in [0.717, 1.165) is 51.4 Å². The molecule has 0 spiro atoms. The fourth-order valence-corrected chi connectivity index (χ4v) is 3.89. The molecule has 4 heteroatoms. The van der Waals surface area contributed by atoms with Gasteiger partial charge in [-0.1, -0.05) is 44.2 Å². The second kappa shape index (κ2) is 14.3. The second-order valence-electron chi connectivity index (χ2n) is 7.76. The third-order valence-corrected chi connectivity index (χ3v) is 5.53. The summed E-state index contributed by atoms with van der Waals surface area (Å²) < 4.78 is 0. The van der Waals surface area contributed by atoms with Gasteiger partial charge in [0, 0.05) is 12.3 Å². The number of allylic oxidation sites excluding steroid dienone is 5. The van der Waals surface area contributed by atoms with Crippen LogP contribution in [0.5, 0.6) is 0 Å². The van der Waals surface area contributed by atoms with E-state index in [1.54, 1.807) is 0 Å². The lowest BCUT2D eigenvalue weighted by Gasteiger charge is -2.21. The third kappa shape index (κ3) is 8.55. The fraction of sp³-hybridized carbons (Fsp3) is 0.667. The zero-order chi connectivity index (χ0) is 20.8. The van der Waals surface area contributed by atoms with Gasteiger partial charge in [-0.2, -0.15) is 0 Å². The molecule has 1 aliphatic rings. The van der Waals surface area contributed by atoms with Crippen molar-refractivity contribution in [1.29, 1.82) is 0 Å². The van der Waals surface area contributed by atoms with Crippen LogP contribution in [0.3, 0.4) is 0 Å². The predicted molar refractivity (Wildman–Crippen MR) is 116 cm³/mol. The number of hydrogen-bond acceptors (Lipinski definition) is 3. The van der Waals surface area contributed by atoms with E-state index in [1.807, 2.05) is 0 Å². The Balaban J connectivity index is 2.62. The van der Waals surface area contributed by atoms with Gasteiger partial charge in [0.2, 0.25) is 11.8 Å². The highest BCUT2D eigenvalue weighted by atomic mass is 16.3. The molecule has 28 heavy (non-hydrogen) atoms. The molecule has 1 fully saturated rings. The third-order valence-electron chi connectivity index (χ3n) is 5.53. The summed E-state index contributed by atoms with van der Waals surface area (Å²) in [7, 11) is 0. The first-order chi connectivity index (χ1) is 13.6. The summed E-state index contributed by atoms with van der Waals surface area (Å²) in [5.41, 5.74) is 0. The van der Waals surface area contributed by atoms with Crippen LogP contribution in [0.4, 0.5) is 0 Å². The van der Waals surface area contributed by atoms with Gasteiger partial charge in [0.25, 0.3) is 0 Å². The number of β-amino-alcohol motifs (C(OH)–C–C–N with tert-alkyl or cyclic N) is 1. The molecule has 158 valence electrons. The second-order valence-corrected chi connectivity index (χ2v) is 7.76. The summed E-state index contributed by atoms with van der Waals surface area (Å²) in [6, 6.07) is 0. The van der Waals surface area contributed by atoms with E-state index in [1.165, 1.54) is 4.90 Å². The van der Waals surface area contributed by atoms with Crippen LogP contribution in [-0.4, -0.2) is 35.0 Å². The van der Waals surface area contributed by atoms with Gasteiger partial charge in [0.15, 0.2) is 0 Å². The molecule has 0 aliphatic carbocycles. The molecule has 4 nitrogen and oxygen atoms in total. The normalized spacial score (nSPS) is 19.8. The molecule has 0 aromatic carbocycles. The molecule has 0 aromatic heterocycles. The number of aliphatic hydroxyl groups is 1. The summed E-state index contributed by atoms with van der Waals surface area (Å²) in [5, 5.41) is 9.05. The molecule has 0 saturated carbocycles. The maximum Gasteiger partial charge on any atom is 0.232 e. The number of hydrogen-bond donors (Lipinski definition) is 1. The van der Waals surface area contributed by atoms with Crippen molar-refractivity contribution >= 4 is 11.8 Å². The Labute approximate surface area is 171 Å². The standard InChI is InChI=1S/C24H39NO3/c1-4-7-9-11-12-20(6-3)18-21(13-10-8-5-2)14-15-22-19-23(27)25(16-17-26)24(22)28/h6-10,20-22,26H,3-5,11-19H2,1-2H3/b9-7+,10-8-. The van der Waals surface area contributed by atoms with E-state index < -0.39 is 0 Å². The number of aliphatic hydroxyl groups excluding tert-OH is 1. The van der Waals surface area contributed by atoms with Gasteiger partial charge in [-0.15, -0.1) is 6.58 Å². The molecule has 1 saturated heterocycles. The van der Waals surface area contributed by atoms with Crippen LogP contribution < -0.4 is 0 Å². The van der Waals surface area contributed by atoms with E-state index in [-0.39, 0.29) is 30.9 Å². The van der Waals surface area contributed by atoms with E-state index in [0.29, 0.717) is 18.3 Å². The van der Waals surface area contributed by atoms with Crippen LogP contribution in [0, 0.1) is 17.8 Å². The van der Waals surface area contributed by atoms with Gasteiger partial charge in [-0.3, -0.25) is 14.5 Å². The molecule has 0 aromatic rings. The summed E-state index contributed by atoms with van der Waals surface area (Å²) in [6.07, 6.45) is 19.4. The monoisotopic (exact) mass is 389 g/mol. The van der Waals surface area contributed by atoms with Crippen molar-refractivity contribution in [3.8, 4) is 0 Å². The predicted octanol–water partition coefficient (Wildman–Crippen LogP) is 5.05. The molecule has 2 amide bonds. The van der Waals surface area contributed by atoms with Gasteiger partial charge in [0.05, 0.1) is 13.2 Å². The maximum absolute atomic E-state index is 12.4. The number of rotatable bonds is 15. The van der Waals surface area contributed by atoms with Crippen molar-refractivity contribution in [3.05, 3.63) is 37.0 Å². The zero-order valence-electron chi connectivity index (χ0n) is 17.8. The minimum absolute atomic E-state index is 0.105. The van der Waals surface area contributed by atoms with Gasteiger partial charge < -0.3 is 5.11 Å². The molecular weight excluding hydrogens is 350 g/mol. The van der Waals surface area contributed by atoms with Crippen LogP contribution in [-0.2, 0) is 9.59 Å². The number of amides is 2. The largest absolute Gasteiger partial charge is 0.395 e. The molecule has 1 N–H and O–H groups in total. The average molecular weight is 390 g/mol. The number of likely N-dealkylation sites (tertiary alicyclic amines) is 1. The van der Waals surface area contributed by atoms with E-state index in [9.17, 15) is 9.59 Å². The highest BCUT2D eigenvalue weighted by Crippen LogP contribution is 2.30. The van der Waals surface area contributed by atoms with E-state index in [2.05, 4.69) is 50.8 Å². The summed E-state index contributed by atoms with van der Waals surface area (Å²) in [5.74, 6) is 0.514.